The minimum absolute atomic E-state index is 0.00347. The van der Waals surface area contributed by atoms with Gasteiger partial charge < -0.3 is 9.67 Å². The molecule has 0 bridgehead atoms. The number of carboxylic acids is 1. The summed E-state index contributed by atoms with van der Waals surface area (Å²) in [5.41, 5.74) is 1.73. The van der Waals surface area contributed by atoms with Gasteiger partial charge in [-0.2, -0.15) is 0 Å². The molecule has 4 nitrogen and oxygen atoms in total. The van der Waals surface area contributed by atoms with E-state index in [-0.39, 0.29) is 5.75 Å². The lowest BCUT2D eigenvalue weighted by molar-refractivity contribution is -0.133. The Labute approximate surface area is 131 Å². The van der Waals surface area contributed by atoms with Gasteiger partial charge in [0, 0.05) is 6.04 Å². The van der Waals surface area contributed by atoms with E-state index < -0.39 is 5.97 Å². The Morgan fingerprint density at radius 1 is 1.48 bits per heavy atom. The number of aromatic nitrogens is 2. The quantitative estimate of drug-likeness (QED) is 0.678. The number of carboxylic acid groups (broad SMARTS) is 1. The predicted molar refractivity (Wildman–Crippen MR) is 85.1 cm³/mol. The first-order chi connectivity index (χ1) is 10.2. The lowest BCUT2D eigenvalue weighted by atomic mass is 10.0. The van der Waals surface area contributed by atoms with Gasteiger partial charge in [0.05, 0.1) is 16.3 Å². The summed E-state index contributed by atoms with van der Waals surface area (Å²) in [5.74, 6) is -0.836. The molecule has 1 aliphatic rings. The number of benzene rings is 1. The number of hydrogen-bond donors (Lipinski definition) is 1. The summed E-state index contributed by atoms with van der Waals surface area (Å²) in [5, 5.41) is 10.3. The zero-order valence-corrected chi connectivity index (χ0v) is 12.9. The normalized spacial score (nSPS) is 18.2. The topological polar surface area (TPSA) is 55.1 Å². The highest BCUT2D eigenvalue weighted by atomic mass is 35.5. The second-order valence-corrected chi connectivity index (χ2v) is 6.34. The number of para-hydroxylation sites is 1. The Hall–Kier alpha value is -1.46. The molecule has 2 aromatic rings. The molecule has 0 spiro atoms. The summed E-state index contributed by atoms with van der Waals surface area (Å²) in [7, 11) is 0. The van der Waals surface area contributed by atoms with Crippen LogP contribution >= 0.6 is 23.4 Å². The van der Waals surface area contributed by atoms with Crippen molar-refractivity contribution in [3.63, 3.8) is 0 Å². The fraction of sp³-hybridized carbons (Fsp3) is 0.333. The first-order valence-corrected chi connectivity index (χ1v) is 8.19. The minimum Gasteiger partial charge on any atom is -0.481 e. The number of halogens is 1. The van der Waals surface area contributed by atoms with E-state index in [1.807, 2.05) is 18.2 Å². The van der Waals surface area contributed by atoms with Crippen molar-refractivity contribution < 1.29 is 9.90 Å². The third kappa shape index (κ3) is 2.94. The lowest BCUT2D eigenvalue weighted by Crippen LogP contribution is -2.12. The zero-order valence-electron chi connectivity index (χ0n) is 11.3. The zero-order chi connectivity index (χ0) is 14.8. The average molecular weight is 323 g/mol. The van der Waals surface area contributed by atoms with Gasteiger partial charge in [0.2, 0.25) is 0 Å². The van der Waals surface area contributed by atoms with Crippen molar-refractivity contribution in [1.29, 1.82) is 0 Å². The molecule has 0 amide bonds. The lowest BCUT2D eigenvalue weighted by Gasteiger charge is -2.22. The molecule has 6 heteroatoms. The Morgan fingerprint density at radius 2 is 2.33 bits per heavy atom. The van der Waals surface area contributed by atoms with Gasteiger partial charge in [-0.1, -0.05) is 41.6 Å². The molecule has 1 N–H and O–H groups in total. The van der Waals surface area contributed by atoms with E-state index in [1.54, 1.807) is 0 Å². The molecule has 0 aliphatic heterocycles. The molecule has 1 aromatic carbocycles. The Morgan fingerprint density at radius 3 is 3.05 bits per heavy atom. The van der Waals surface area contributed by atoms with Gasteiger partial charge in [-0.3, -0.25) is 4.79 Å². The molecule has 1 aromatic heterocycles. The maximum atomic E-state index is 10.8. The molecule has 0 saturated carbocycles. The molecule has 1 unspecified atom stereocenters. The van der Waals surface area contributed by atoms with E-state index in [0.29, 0.717) is 11.1 Å². The first kappa shape index (κ1) is 14.5. The van der Waals surface area contributed by atoms with E-state index in [9.17, 15) is 4.79 Å². The molecule has 0 radical (unpaired) electrons. The van der Waals surface area contributed by atoms with Gasteiger partial charge in [-0.05, 0) is 31.4 Å². The number of hydrogen-bond acceptors (Lipinski definition) is 3. The number of thioether (sulfide) groups is 1. The van der Waals surface area contributed by atoms with Crippen LogP contribution in [-0.2, 0) is 4.79 Å². The molecule has 110 valence electrons. The third-order valence-electron chi connectivity index (χ3n) is 3.57. The number of aliphatic carboxylic acids is 1. The number of rotatable bonds is 4. The minimum atomic E-state index is -0.840. The van der Waals surface area contributed by atoms with Crippen molar-refractivity contribution >= 4 is 40.4 Å². The van der Waals surface area contributed by atoms with Crippen LogP contribution in [0.4, 0.5) is 0 Å². The summed E-state index contributed by atoms with van der Waals surface area (Å²) < 4.78 is 2.15. The van der Waals surface area contributed by atoms with Crippen LogP contribution < -0.4 is 0 Å². The van der Waals surface area contributed by atoms with Gasteiger partial charge >= 0.3 is 5.97 Å². The standard InChI is InChI=1S/C15H15ClN2O2S/c16-11-7-4-8-12-14(11)17-15(21-9-13(19)20)18(12)10-5-2-1-3-6-10/h1-2,4,7-8,10H,3,5-6,9H2,(H,19,20). The number of carbonyl (C=O) groups is 1. The van der Waals surface area contributed by atoms with Gasteiger partial charge in [-0.25, -0.2) is 4.98 Å². The van der Waals surface area contributed by atoms with Crippen molar-refractivity contribution in [2.75, 3.05) is 5.75 Å². The van der Waals surface area contributed by atoms with Crippen molar-refractivity contribution in [2.45, 2.75) is 30.5 Å². The van der Waals surface area contributed by atoms with Crippen LogP contribution in [0.5, 0.6) is 0 Å². The summed E-state index contributed by atoms with van der Waals surface area (Å²) in [6, 6.07) is 6.03. The second-order valence-electron chi connectivity index (χ2n) is 4.99. The largest absolute Gasteiger partial charge is 0.481 e. The first-order valence-electron chi connectivity index (χ1n) is 6.83. The number of allylic oxidation sites excluding steroid dienone is 2. The second kappa shape index (κ2) is 6.12. The summed E-state index contributed by atoms with van der Waals surface area (Å²) in [4.78, 5) is 15.4. The molecule has 0 fully saturated rings. The van der Waals surface area contributed by atoms with Crippen LogP contribution in [-0.4, -0.2) is 26.4 Å². The fourth-order valence-electron chi connectivity index (χ4n) is 2.65. The molecule has 1 aliphatic carbocycles. The molecule has 1 heterocycles. The van der Waals surface area contributed by atoms with Gasteiger partial charge in [0.25, 0.3) is 0 Å². The average Bonchev–Trinajstić information content (AvgIpc) is 2.86. The Kier molecular flexibility index (Phi) is 4.22. The van der Waals surface area contributed by atoms with Crippen LogP contribution in [0.3, 0.4) is 0 Å². The van der Waals surface area contributed by atoms with Crippen molar-refractivity contribution in [1.82, 2.24) is 9.55 Å². The number of nitrogens with zero attached hydrogens (tertiary/aromatic N) is 2. The summed E-state index contributed by atoms with van der Waals surface area (Å²) >= 11 is 7.48. The summed E-state index contributed by atoms with van der Waals surface area (Å²) in [6.07, 6.45) is 7.38. The van der Waals surface area contributed by atoms with Crippen LogP contribution in [0, 0.1) is 0 Å². The van der Waals surface area contributed by atoms with E-state index in [1.165, 1.54) is 11.8 Å². The van der Waals surface area contributed by atoms with E-state index in [4.69, 9.17) is 16.7 Å². The monoisotopic (exact) mass is 322 g/mol. The molecular formula is C15H15ClN2O2S. The van der Waals surface area contributed by atoms with Crippen molar-refractivity contribution in [2.24, 2.45) is 0 Å². The maximum absolute atomic E-state index is 10.8. The predicted octanol–water partition coefficient (Wildman–Crippen LogP) is 4.15. The van der Waals surface area contributed by atoms with Crippen molar-refractivity contribution in [3.8, 4) is 0 Å². The molecule has 0 saturated heterocycles. The van der Waals surface area contributed by atoms with E-state index in [2.05, 4.69) is 21.7 Å². The molecule has 21 heavy (non-hydrogen) atoms. The highest BCUT2D eigenvalue weighted by molar-refractivity contribution is 7.99. The maximum Gasteiger partial charge on any atom is 0.313 e. The highest BCUT2D eigenvalue weighted by Crippen LogP contribution is 2.35. The molecule has 1 atom stereocenters. The molecular weight excluding hydrogens is 308 g/mol. The van der Waals surface area contributed by atoms with Gasteiger partial charge in [-0.15, -0.1) is 0 Å². The smallest absolute Gasteiger partial charge is 0.313 e. The van der Waals surface area contributed by atoms with E-state index in [0.717, 1.165) is 35.5 Å². The van der Waals surface area contributed by atoms with Gasteiger partial charge in [0.1, 0.15) is 5.52 Å². The van der Waals surface area contributed by atoms with Crippen LogP contribution in [0.15, 0.2) is 35.5 Å². The number of fused-ring (bicyclic) bond motifs is 1. The van der Waals surface area contributed by atoms with E-state index >= 15 is 0 Å². The SMILES string of the molecule is O=C(O)CSc1nc2c(Cl)cccc2n1C1CC=CCC1. The fourth-order valence-corrected chi connectivity index (χ4v) is 3.66. The third-order valence-corrected chi connectivity index (χ3v) is 4.81. The number of imidazole rings is 1. The Bertz CT molecular complexity index is 711. The summed E-state index contributed by atoms with van der Waals surface area (Å²) in [6.45, 7) is 0. The Balaban J connectivity index is 2.08. The van der Waals surface area contributed by atoms with Gasteiger partial charge in [0.15, 0.2) is 5.16 Å². The van der Waals surface area contributed by atoms with Crippen LogP contribution in [0.25, 0.3) is 11.0 Å². The van der Waals surface area contributed by atoms with Crippen LogP contribution in [0.1, 0.15) is 25.3 Å². The molecule has 3 rings (SSSR count). The van der Waals surface area contributed by atoms with Crippen LogP contribution in [0.2, 0.25) is 5.02 Å². The highest BCUT2D eigenvalue weighted by Gasteiger charge is 2.21. The van der Waals surface area contributed by atoms with Crippen molar-refractivity contribution in [3.05, 3.63) is 35.4 Å².